The molecule has 1 aromatic rings. The van der Waals surface area contributed by atoms with Gasteiger partial charge in [0.25, 0.3) is 0 Å². The highest BCUT2D eigenvalue weighted by Crippen LogP contribution is 2.55. The number of carboxylic acids is 1. The number of ether oxygens (including phenoxy) is 3. The van der Waals surface area contributed by atoms with Crippen molar-refractivity contribution < 1.29 is 33.3 Å². The molecule has 3 aliphatic rings. The summed E-state index contributed by atoms with van der Waals surface area (Å²) in [7, 11) is 0. The van der Waals surface area contributed by atoms with E-state index in [1.807, 2.05) is 12.1 Å². The number of hydrogen-bond acceptors (Lipinski definition) is 5. The van der Waals surface area contributed by atoms with Gasteiger partial charge in [0.1, 0.15) is 24.6 Å². The summed E-state index contributed by atoms with van der Waals surface area (Å²) in [5, 5.41) is 11.4. The lowest BCUT2D eigenvalue weighted by atomic mass is 9.56. The molecule has 1 aromatic carbocycles. The second-order valence-corrected chi connectivity index (χ2v) is 10.1. The van der Waals surface area contributed by atoms with Crippen LogP contribution in [0.2, 0.25) is 0 Å². The van der Waals surface area contributed by atoms with Crippen LogP contribution in [0.5, 0.6) is 5.75 Å². The van der Waals surface area contributed by atoms with Crippen molar-refractivity contribution in [1.82, 2.24) is 5.32 Å². The van der Waals surface area contributed by atoms with Gasteiger partial charge >= 0.3 is 12.1 Å². The molecular weight excluding hydrogens is 429 g/mol. The van der Waals surface area contributed by atoms with Gasteiger partial charge in [0.15, 0.2) is 0 Å². The first-order valence-electron chi connectivity index (χ1n) is 11.4. The van der Waals surface area contributed by atoms with E-state index in [1.165, 1.54) is 5.56 Å². The Balaban J connectivity index is 1.50. The number of carbonyl (C=O) groups is 2. The molecule has 3 aliphatic carbocycles. The maximum absolute atomic E-state index is 13.2. The Morgan fingerprint density at radius 3 is 2.18 bits per heavy atom. The van der Waals surface area contributed by atoms with E-state index in [4.69, 9.17) is 19.3 Å². The predicted octanol–water partition coefficient (Wildman–Crippen LogP) is 4.89. The zero-order chi connectivity index (χ0) is 24.1. The Labute approximate surface area is 194 Å². The van der Waals surface area contributed by atoms with Crippen LogP contribution in [0, 0.1) is 0 Å². The quantitative estimate of drug-likeness (QED) is 0.542. The fourth-order valence-electron chi connectivity index (χ4n) is 4.72. The lowest BCUT2D eigenvalue weighted by Gasteiger charge is -2.53. The summed E-state index contributed by atoms with van der Waals surface area (Å²) in [5.41, 5.74) is 0.722. The molecule has 1 amide bonds. The second kappa shape index (κ2) is 10.1. The molecule has 8 heteroatoms. The maximum atomic E-state index is 13.2. The summed E-state index contributed by atoms with van der Waals surface area (Å²) in [6.07, 6.45) is 5.35. The normalized spacial score (nSPS) is 24.9. The van der Waals surface area contributed by atoms with Gasteiger partial charge in [-0.3, -0.25) is 0 Å². The lowest BCUT2D eigenvalue weighted by molar-refractivity contribution is -0.160. The Hall–Kier alpha value is -2.61. The molecule has 0 aliphatic heterocycles. The van der Waals surface area contributed by atoms with Crippen LogP contribution >= 0.6 is 0 Å². The summed E-state index contributed by atoms with van der Waals surface area (Å²) >= 11 is 0. The SMILES string of the molecule is CC(C)(C)OC(=O)NC/C(=C\F)COc1ccc(C23CCC(OCC(=O)O)(CC2)CC3)cc1. The topological polar surface area (TPSA) is 94.1 Å². The molecule has 0 saturated heterocycles. The average molecular weight is 464 g/mol. The molecule has 182 valence electrons. The van der Waals surface area contributed by atoms with Crippen molar-refractivity contribution >= 4 is 12.1 Å². The maximum Gasteiger partial charge on any atom is 0.407 e. The van der Waals surface area contributed by atoms with E-state index in [0.717, 1.165) is 38.5 Å². The third-order valence-electron chi connectivity index (χ3n) is 6.58. The standard InChI is InChI=1S/C25H34FNO6/c1-23(2,3)33-22(30)27-15-18(14-26)16-31-20-6-4-19(5-7-20)24-8-11-25(12-9-24,13-10-24)32-17-21(28)29/h4-7,14H,8-13,15-17H2,1-3H3,(H,27,30)(H,28,29)/b18-14+. The van der Waals surface area contributed by atoms with E-state index in [2.05, 4.69) is 17.4 Å². The number of carbonyl (C=O) groups excluding carboxylic acids is 1. The van der Waals surface area contributed by atoms with Gasteiger partial charge in [-0.2, -0.15) is 0 Å². The van der Waals surface area contributed by atoms with Crippen LogP contribution in [0.25, 0.3) is 0 Å². The zero-order valence-corrected chi connectivity index (χ0v) is 19.6. The van der Waals surface area contributed by atoms with Gasteiger partial charge in [-0.15, -0.1) is 0 Å². The molecule has 2 bridgehead atoms. The summed E-state index contributed by atoms with van der Waals surface area (Å²) < 4.78 is 29.8. The third kappa shape index (κ3) is 6.69. The first kappa shape index (κ1) is 25.0. The largest absolute Gasteiger partial charge is 0.489 e. The van der Waals surface area contributed by atoms with Crippen molar-refractivity contribution in [3.63, 3.8) is 0 Å². The zero-order valence-electron chi connectivity index (χ0n) is 19.6. The Morgan fingerprint density at radius 2 is 1.67 bits per heavy atom. The van der Waals surface area contributed by atoms with E-state index >= 15 is 0 Å². The molecule has 0 aromatic heterocycles. The predicted molar refractivity (Wildman–Crippen MR) is 121 cm³/mol. The summed E-state index contributed by atoms with van der Waals surface area (Å²) in [5.74, 6) is -0.300. The molecule has 3 fully saturated rings. The first-order chi connectivity index (χ1) is 15.5. The summed E-state index contributed by atoms with van der Waals surface area (Å²) in [4.78, 5) is 22.6. The minimum absolute atomic E-state index is 0.00168. The van der Waals surface area contributed by atoms with Crippen LogP contribution in [0.4, 0.5) is 9.18 Å². The fraction of sp³-hybridized carbons (Fsp3) is 0.600. The number of alkyl carbamates (subject to hydrolysis) is 1. The minimum Gasteiger partial charge on any atom is -0.489 e. The molecule has 0 unspecified atom stereocenters. The number of aliphatic carboxylic acids is 1. The van der Waals surface area contributed by atoms with Crippen molar-refractivity contribution in [3.05, 3.63) is 41.7 Å². The summed E-state index contributed by atoms with van der Waals surface area (Å²) in [6.45, 7) is 5.05. The molecule has 0 spiro atoms. The van der Waals surface area contributed by atoms with Crippen molar-refractivity contribution in [1.29, 1.82) is 0 Å². The minimum atomic E-state index is -0.922. The number of carboxylic acid groups (broad SMARTS) is 1. The van der Waals surface area contributed by atoms with E-state index in [9.17, 15) is 14.0 Å². The van der Waals surface area contributed by atoms with Gasteiger partial charge in [-0.1, -0.05) is 12.1 Å². The van der Waals surface area contributed by atoms with Crippen molar-refractivity contribution in [3.8, 4) is 5.75 Å². The van der Waals surface area contributed by atoms with Gasteiger partial charge in [0.05, 0.1) is 11.9 Å². The fourth-order valence-corrected chi connectivity index (χ4v) is 4.72. The second-order valence-electron chi connectivity index (χ2n) is 10.1. The molecular formula is C25H34FNO6. The summed E-state index contributed by atoms with van der Waals surface area (Å²) in [6, 6.07) is 7.89. The Kier molecular flexibility index (Phi) is 7.67. The van der Waals surface area contributed by atoms with Gasteiger partial charge in [0.2, 0.25) is 0 Å². The molecule has 0 radical (unpaired) electrons. The molecule has 7 nitrogen and oxygen atoms in total. The van der Waals surface area contributed by atoms with Crippen LogP contribution in [0.3, 0.4) is 0 Å². The number of nitrogens with one attached hydrogen (secondary N) is 1. The molecule has 4 rings (SSSR count). The number of fused-ring (bicyclic) bond motifs is 3. The molecule has 2 N–H and O–H groups in total. The molecule has 3 saturated carbocycles. The van der Waals surface area contributed by atoms with Crippen molar-refractivity contribution in [2.24, 2.45) is 0 Å². The Bertz CT molecular complexity index is 849. The van der Waals surface area contributed by atoms with Crippen molar-refractivity contribution in [2.75, 3.05) is 19.8 Å². The van der Waals surface area contributed by atoms with Crippen LogP contribution in [0.15, 0.2) is 36.2 Å². The van der Waals surface area contributed by atoms with Crippen LogP contribution in [-0.4, -0.2) is 48.1 Å². The first-order valence-corrected chi connectivity index (χ1v) is 11.4. The number of rotatable bonds is 9. The van der Waals surface area contributed by atoms with Gasteiger partial charge in [-0.05, 0) is 82.4 Å². The number of halogens is 1. The number of amides is 1. The van der Waals surface area contributed by atoms with Gasteiger partial charge < -0.3 is 24.6 Å². The van der Waals surface area contributed by atoms with Crippen LogP contribution in [0.1, 0.15) is 64.9 Å². The van der Waals surface area contributed by atoms with E-state index in [1.54, 1.807) is 20.8 Å². The van der Waals surface area contributed by atoms with Gasteiger partial charge in [-0.25, -0.2) is 14.0 Å². The smallest absolute Gasteiger partial charge is 0.407 e. The molecule has 0 heterocycles. The lowest BCUT2D eigenvalue weighted by Crippen LogP contribution is -2.50. The van der Waals surface area contributed by atoms with Crippen molar-refractivity contribution in [2.45, 2.75) is 75.9 Å². The number of benzene rings is 1. The van der Waals surface area contributed by atoms with Crippen LogP contribution < -0.4 is 10.1 Å². The third-order valence-corrected chi connectivity index (χ3v) is 6.58. The van der Waals surface area contributed by atoms with E-state index in [0.29, 0.717) is 17.7 Å². The monoisotopic (exact) mass is 463 g/mol. The average Bonchev–Trinajstić information content (AvgIpc) is 2.78. The van der Waals surface area contributed by atoms with E-state index in [-0.39, 0.29) is 30.8 Å². The molecule has 0 atom stereocenters. The highest BCUT2D eigenvalue weighted by molar-refractivity contribution is 5.68. The number of hydrogen-bond donors (Lipinski definition) is 2. The highest BCUT2D eigenvalue weighted by Gasteiger charge is 2.50. The van der Waals surface area contributed by atoms with Gasteiger partial charge in [0, 0.05) is 12.1 Å². The Morgan fingerprint density at radius 1 is 1.06 bits per heavy atom. The molecule has 33 heavy (non-hydrogen) atoms. The highest BCUT2D eigenvalue weighted by atomic mass is 19.1. The van der Waals surface area contributed by atoms with Crippen LogP contribution in [-0.2, 0) is 19.7 Å². The van der Waals surface area contributed by atoms with E-state index < -0.39 is 17.7 Å².